The fourth-order valence-electron chi connectivity index (χ4n) is 1.57. The van der Waals surface area contributed by atoms with Crippen LogP contribution < -0.4 is 5.32 Å². The number of aryl methyl sites for hydroxylation is 1. The molecule has 1 aromatic carbocycles. The molecule has 0 radical (unpaired) electrons. The van der Waals surface area contributed by atoms with Gasteiger partial charge in [0.1, 0.15) is 0 Å². The van der Waals surface area contributed by atoms with Crippen LogP contribution in [0.5, 0.6) is 0 Å². The lowest BCUT2D eigenvalue weighted by Crippen LogP contribution is -2.16. The number of nitrogens with one attached hydrogen (secondary N) is 1. The summed E-state index contributed by atoms with van der Waals surface area (Å²) in [7, 11) is 1.98. The summed E-state index contributed by atoms with van der Waals surface area (Å²) in [4.78, 5) is 0. The van der Waals surface area contributed by atoms with E-state index in [-0.39, 0.29) is 0 Å². The van der Waals surface area contributed by atoms with Crippen LogP contribution in [0.15, 0.2) is 18.2 Å². The van der Waals surface area contributed by atoms with Crippen molar-refractivity contribution in [3.05, 3.63) is 34.3 Å². The summed E-state index contributed by atoms with van der Waals surface area (Å²) in [6.07, 6.45) is 1.08. The average Bonchev–Trinajstić information content (AvgIpc) is 2.13. The quantitative estimate of drug-likeness (QED) is 0.784. The van der Waals surface area contributed by atoms with Crippen LogP contribution in [0.25, 0.3) is 0 Å². The van der Waals surface area contributed by atoms with Gasteiger partial charge in [0.05, 0.1) is 0 Å². The van der Waals surface area contributed by atoms with E-state index in [0.29, 0.717) is 6.04 Å². The van der Waals surface area contributed by atoms with Gasteiger partial charge in [0, 0.05) is 11.1 Å². The minimum atomic E-state index is 0.415. The van der Waals surface area contributed by atoms with Gasteiger partial charge in [-0.15, -0.1) is 0 Å². The highest BCUT2D eigenvalue weighted by molar-refractivity contribution is 6.30. The van der Waals surface area contributed by atoms with Crippen molar-refractivity contribution in [1.82, 2.24) is 5.32 Å². The molecule has 0 aromatic heterocycles. The summed E-state index contributed by atoms with van der Waals surface area (Å²) in [6, 6.07) is 6.46. The predicted molar refractivity (Wildman–Crippen MR) is 58.3 cm³/mol. The second-order valence-corrected chi connectivity index (χ2v) is 3.69. The Labute approximate surface area is 85.1 Å². The average molecular weight is 198 g/mol. The Hall–Kier alpha value is -0.530. The summed E-state index contributed by atoms with van der Waals surface area (Å²) in [6.45, 7) is 4.28. The van der Waals surface area contributed by atoms with Gasteiger partial charge in [-0.1, -0.05) is 24.6 Å². The molecule has 1 N–H and O–H groups in total. The van der Waals surface area contributed by atoms with Crippen molar-refractivity contribution in [2.24, 2.45) is 0 Å². The van der Waals surface area contributed by atoms with E-state index < -0.39 is 0 Å². The molecule has 0 saturated carbocycles. The van der Waals surface area contributed by atoms with E-state index in [2.05, 4.69) is 25.2 Å². The Balaban J connectivity index is 3.03. The third kappa shape index (κ3) is 2.45. The lowest BCUT2D eigenvalue weighted by Gasteiger charge is -2.16. The molecule has 72 valence electrons. The molecule has 1 unspecified atom stereocenters. The Bertz CT molecular complexity index is 279. The van der Waals surface area contributed by atoms with Crippen molar-refractivity contribution in [3.8, 4) is 0 Å². The molecule has 0 heterocycles. The molecule has 0 bridgehead atoms. The molecule has 1 rings (SSSR count). The smallest absolute Gasteiger partial charge is 0.0409 e. The second-order valence-electron chi connectivity index (χ2n) is 3.25. The predicted octanol–water partition coefficient (Wildman–Crippen LogP) is 3.32. The largest absolute Gasteiger partial charge is 0.313 e. The van der Waals surface area contributed by atoms with Crippen LogP contribution in [0.4, 0.5) is 0 Å². The first kappa shape index (κ1) is 10.6. The molecule has 0 aliphatic heterocycles. The van der Waals surface area contributed by atoms with Gasteiger partial charge >= 0.3 is 0 Å². The molecule has 0 aliphatic carbocycles. The molecule has 1 atom stereocenters. The van der Waals surface area contributed by atoms with Gasteiger partial charge in [0.2, 0.25) is 0 Å². The monoisotopic (exact) mass is 197 g/mol. The van der Waals surface area contributed by atoms with Crippen molar-refractivity contribution in [1.29, 1.82) is 0 Å². The third-order valence-corrected chi connectivity index (χ3v) is 2.61. The van der Waals surface area contributed by atoms with E-state index >= 15 is 0 Å². The SMILES string of the molecule is CCC(NC)c1cc(Cl)ccc1C. The number of hydrogen-bond donors (Lipinski definition) is 1. The van der Waals surface area contributed by atoms with E-state index in [1.165, 1.54) is 11.1 Å². The number of benzene rings is 1. The molecular weight excluding hydrogens is 182 g/mol. The van der Waals surface area contributed by atoms with Crippen molar-refractivity contribution >= 4 is 11.6 Å². The van der Waals surface area contributed by atoms with Crippen LogP contribution in [0, 0.1) is 6.92 Å². The van der Waals surface area contributed by atoms with Crippen LogP contribution in [-0.4, -0.2) is 7.05 Å². The molecule has 0 saturated heterocycles. The minimum absolute atomic E-state index is 0.415. The summed E-state index contributed by atoms with van der Waals surface area (Å²) in [5.74, 6) is 0. The Morgan fingerprint density at radius 3 is 2.69 bits per heavy atom. The normalized spacial score (nSPS) is 12.9. The molecule has 0 spiro atoms. The van der Waals surface area contributed by atoms with E-state index in [1.54, 1.807) is 0 Å². The van der Waals surface area contributed by atoms with E-state index in [9.17, 15) is 0 Å². The lowest BCUT2D eigenvalue weighted by molar-refractivity contribution is 0.574. The standard InChI is InChI=1S/C11H16ClN/c1-4-11(13-3)10-7-9(12)6-5-8(10)2/h5-7,11,13H,4H2,1-3H3. The highest BCUT2D eigenvalue weighted by Crippen LogP contribution is 2.23. The summed E-state index contributed by atoms with van der Waals surface area (Å²) in [5.41, 5.74) is 2.60. The molecule has 1 aromatic rings. The molecule has 0 fully saturated rings. The summed E-state index contributed by atoms with van der Waals surface area (Å²) < 4.78 is 0. The summed E-state index contributed by atoms with van der Waals surface area (Å²) in [5, 5.41) is 4.09. The highest BCUT2D eigenvalue weighted by atomic mass is 35.5. The number of halogens is 1. The van der Waals surface area contributed by atoms with Crippen LogP contribution in [0.2, 0.25) is 5.02 Å². The Morgan fingerprint density at radius 2 is 2.15 bits per heavy atom. The number of rotatable bonds is 3. The highest BCUT2D eigenvalue weighted by Gasteiger charge is 2.09. The van der Waals surface area contributed by atoms with Gasteiger partial charge in [-0.2, -0.15) is 0 Å². The molecule has 2 heteroatoms. The zero-order valence-electron chi connectivity index (χ0n) is 8.39. The fraction of sp³-hybridized carbons (Fsp3) is 0.455. The van der Waals surface area contributed by atoms with Gasteiger partial charge in [0.25, 0.3) is 0 Å². The maximum atomic E-state index is 5.95. The molecule has 1 nitrogen and oxygen atoms in total. The second kappa shape index (κ2) is 4.64. The van der Waals surface area contributed by atoms with Crippen molar-refractivity contribution in [2.75, 3.05) is 7.05 Å². The van der Waals surface area contributed by atoms with Crippen LogP contribution in [-0.2, 0) is 0 Å². The van der Waals surface area contributed by atoms with Gasteiger partial charge in [-0.25, -0.2) is 0 Å². The maximum Gasteiger partial charge on any atom is 0.0409 e. The van der Waals surface area contributed by atoms with Crippen LogP contribution in [0.3, 0.4) is 0 Å². The van der Waals surface area contributed by atoms with Crippen LogP contribution >= 0.6 is 11.6 Å². The fourth-order valence-corrected chi connectivity index (χ4v) is 1.75. The zero-order chi connectivity index (χ0) is 9.84. The first-order chi connectivity index (χ1) is 6.19. The van der Waals surface area contributed by atoms with Crippen molar-refractivity contribution < 1.29 is 0 Å². The molecule has 0 amide bonds. The van der Waals surface area contributed by atoms with Gasteiger partial charge in [0.15, 0.2) is 0 Å². The van der Waals surface area contributed by atoms with Gasteiger partial charge < -0.3 is 5.32 Å². The van der Waals surface area contributed by atoms with E-state index in [0.717, 1.165) is 11.4 Å². The summed E-state index contributed by atoms with van der Waals surface area (Å²) >= 11 is 5.95. The first-order valence-electron chi connectivity index (χ1n) is 4.62. The van der Waals surface area contributed by atoms with Crippen LogP contribution in [0.1, 0.15) is 30.5 Å². The third-order valence-electron chi connectivity index (χ3n) is 2.37. The van der Waals surface area contributed by atoms with E-state index in [4.69, 9.17) is 11.6 Å². The van der Waals surface area contributed by atoms with Crippen molar-refractivity contribution in [3.63, 3.8) is 0 Å². The van der Waals surface area contributed by atoms with Crippen molar-refractivity contribution in [2.45, 2.75) is 26.3 Å². The maximum absolute atomic E-state index is 5.95. The molecular formula is C11H16ClN. The Morgan fingerprint density at radius 1 is 1.46 bits per heavy atom. The lowest BCUT2D eigenvalue weighted by atomic mass is 10.00. The molecule has 0 aliphatic rings. The zero-order valence-corrected chi connectivity index (χ0v) is 9.15. The number of hydrogen-bond acceptors (Lipinski definition) is 1. The van der Waals surface area contributed by atoms with Gasteiger partial charge in [-0.05, 0) is 43.7 Å². The topological polar surface area (TPSA) is 12.0 Å². The molecule has 13 heavy (non-hydrogen) atoms. The Kier molecular flexibility index (Phi) is 3.76. The minimum Gasteiger partial charge on any atom is -0.313 e. The first-order valence-corrected chi connectivity index (χ1v) is 5.00. The van der Waals surface area contributed by atoms with Gasteiger partial charge in [-0.3, -0.25) is 0 Å². The van der Waals surface area contributed by atoms with E-state index in [1.807, 2.05) is 19.2 Å².